The number of nitrogens with zero attached hydrogens (tertiary/aromatic N) is 3. The molecule has 0 fully saturated rings. The van der Waals surface area contributed by atoms with Crippen molar-refractivity contribution < 1.29 is 9.84 Å². The van der Waals surface area contributed by atoms with E-state index in [9.17, 15) is 0 Å². The molecule has 1 heterocycles. The lowest BCUT2D eigenvalue weighted by molar-refractivity contribution is -0.0309. The van der Waals surface area contributed by atoms with Crippen molar-refractivity contribution in [1.82, 2.24) is 15.0 Å². The first-order valence-electron chi connectivity index (χ1n) is 6.57. The van der Waals surface area contributed by atoms with Crippen LogP contribution in [0.3, 0.4) is 0 Å². The van der Waals surface area contributed by atoms with Crippen LogP contribution in [0.2, 0.25) is 0 Å². The van der Waals surface area contributed by atoms with E-state index in [0.717, 1.165) is 26.0 Å². The summed E-state index contributed by atoms with van der Waals surface area (Å²) in [6, 6.07) is 0. The average Bonchev–Trinajstić information content (AvgIpc) is 2.73. The Morgan fingerprint density at radius 2 is 2.17 bits per heavy atom. The fraction of sp³-hybridized carbons (Fsp3) is 0.846. The smallest absolute Gasteiger partial charge is 0.108 e. The zero-order chi connectivity index (χ0) is 13.6. The largest absolute Gasteiger partial charge is 0.390 e. The van der Waals surface area contributed by atoms with Gasteiger partial charge in [0.05, 0.1) is 18.4 Å². The predicted molar refractivity (Wildman–Crippen MR) is 70.0 cm³/mol. The molecule has 0 unspecified atom stereocenters. The molecule has 5 nitrogen and oxygen atoms in total. The van der Waals surface area contributed by atoms with E-state index in [2.05, 4.69) is 38.0 Å². The summed E-state index contributed by atoms with van der Waals surface area (Å²) < 4.78 is 7.63. The van der Waals surface area contributed by atoms with Crippen LogP contribution in [0.4, 0.5) is 0 Å². The van der Waals surface area contributed by atoms with Gasteiger partial charge < -0.3 is 9.84 Å². The molecular weight excluding hydrogens is 230 g/mol. The van der Waals surface area contributed by atoms with Crippen molar-refractivity contribution in [3.8, 4) is 0 Å². The SMILES string of the molecule is CC(C)CCOC(C)(C)CCn1cc(CO)nn1. The summed E-state index contributed by atoms with van der Waals surface area (Å²) in [6.45, 7) is 10.1. The normalized spacial score (nSPS) is 12.3. The third kappa shape index (κ3) is 5.60. The van der Waals surface area contributed by atoms with Crippen molar-refractivity contribution >= 4 is 0 Å². The highest BCUT2D eigenvalue weighted by atomic mass is 16.5. The highest BCUT2D eigenvalue weighted by Crippen LogP contribution is 2.16. The van der Waals surface area contributed by atoms with Crippen LogP contribution < -0.4 is 0 Å². The fourth-order valence-corrected chi connectivity index (χ4v) is 1.55. The molecule has 104 valence electrons. The maximum absolute atomic E-state index is 8.91. The molecule has 1 aromatic rings. The number of hydrogen-bond acceptors (Lipinski definition) is 4. The van der Waals surface area contributed by atoms with E-state index in [1.54, 1.807) is 10.9 Å². The molecule has 1 aromatic heterocycles. The number of aryl methyl sites for hydroxylation is 1. The monoisotopic (exact) mass is 255 g/mol. The van der Waals surface area contributed by atoms with E-state index in [-0.39, 0.29) is 12.2 Å². The molecule has 5 heteroatoms. The second-order valence-electron chi connectivity index (χ2n) is 5.67. The Labute approximate surface area is 109 Å². The molecule has 0 saturated heterocycles. The second kappa shape index (κ2) is 6.85. The van der Waals surface area contributed by atoms with Crippen molar-refractivity contribution in [3.63, 3.8) is 0 Å². The maximum Gasteiger partial charge on any atom is 0.108 e. The number of hydrogen-bond donors (Lipinski definition) is 1. The molecule has 1 rings (SSSR count). The van der Waals surface area contributed by atoms with E-state index in [0.29, 0.717) is 11.6 Å². The van der Waals surface area contributed by atoms with Crippen LogP contribution in [-0.2, 0) is 17.9 Å². The zero-order valence-corrected chi connectivity index (χ0v) is 11.9. The molecule has 0 aliphatic heterocycles. The topological polar surface area (TPSA) is 60.2 Å². The Balaban J connectivity index is 2.31. The first-order chi connectivity index (χ1) is 8.43. The minimum Gasteiger partial charge on any atom is -0.390 e. The molecule has 0 bridgehead atoms. The molecule has 0 aliphatic rings. The second-order valence-corrected chi connectivity index (χ2v) is 5.67. The third-order valence-electron chi connectivity index (χ3n) is 2.88. The number of aliphatic hydroxyl groups is 1. The lowest BCUT2D eigenvalue weighted by atomic mass is 10.0. The van der Waals surface area contributed by atoms with E-state index in [1.807, 2.05) is 0 Å². The molecule has 1 N–H and O–H groups in total. The van der Waals surface area contributed by atoms with Crippen LogP contribution in [0, 0.1) is 5.92 Å². The van der Waals surface area contributed by atoms with E-state index >= 15 is 0 Å². The minimum atomic E-state index is -0.153. The summed E-state index contributed by atoms with van der Waals surface area (Å²) in [5.74, 6) is 0.670. The molecule has 18 heavy (non-hydrogen) atoms. The number of aromatic nitrogens is 3. The van der Waals surface area contributed by atoms with Crippen molar-refractivity contribution in [2.24, 2.45) is 5.92 Å². The van der Waals surface area contributed by atoms with Gasteiger partial charge in [0.25, 0.3) is 0 Å². The molecular formula is C13H25N3O2. The Kier molecular flexibility index (Phi) is 5.75. The lowest BCUT2D eigenvalue weighted by Crippen LogP contribution is -2.27. The Morgan fingerprint density at radius 3 is 2.72 bits per heavy atom. The van der Waals surface area contributed by atoms with E-state index in [1.165, 1.54) is 0 Å². The van der Waals surface area contributed by atoms with Crippen LogP contribution in [0.1, 0.15) is 46.2 Å². The zero-order valence-electron chi connectivity index (χ0n) is 11.9. The van der Waals surface area contributed by atoms with Gasteiger partial charge in [-0.3, -0.25) is 4.68 Å². The standard InChI is InChI=1S/C13H25N3O2/c1-11(2)5-8-18-13(3,4)6-7-16-9-12(10-17)14-15-16/h9,11,17H,5-8,10H2,1-4H3. The van der Waals surface area contributed by atoms with E-state index in [4.69, 9.17) is 9.84 Å². The molecule has 0 amide bonds. The summed E-state index contributed by atoms with van der Waals surface area (Å²) in [5, 5.41) is 16.7. The van der Waals surface area contributed by atoms with Crippen LogP contribution in [0.25, 0.3) is 0 Å². The molecule has 0 aliphatic carbocycles. The van der Waals surface area contributed by atoms with Gasteiger partial charge in [0.15, 0.2) is 0 Å². The average molecular weight is 255 g/mol. The van der Waals surface area contributed by atoms with Gasteiger partial charge in [-0.25, -0.2) is 0 Å². The van der Waals surface area contributed by atoms with Crippen LogP contribution in [-0.4, -0.2) is 32.3 Å². The molecule has 0 spiro atoms. The number of aliphatic hydroxyl groups excluding tert-OH is 1. The van der Waals surface area contributed by atoms with Gasteiger partial charge in [-0.2, -0.15) is 0 Å². The summed E-state index contributed by atoms with van der Waals surface area (Å²) in [5.41, 5.74) is 0.453. The van der Waals surface area contributed by atoms with E-state index < -0.39 is 0 Å². The number of rotatable bonds is 8. The quantitative estimate of drug-likeness (QED) is 0.772. The molecule has 0 atom stereocenters. The van der Waals surface area contributed by atoms with Crippen molar-refractivity contribution in [1.29, 1.82) is 0 Å². The van der Waals surface area contributed by atoms with Crippen molar-refractivity contribution in [2.75, 3.05) is 6.61 Å². The summed E-state index contributed by atoms with van der Waals surface area (Å²) >= 11 is 0. The highest BCUT2D eigenvalue weighted by molar-refractivity contribution is 4.89. The van der Waals surface area contributed by atoms with Crippen LogP contribution in [0.5, 0.6) is 0 Å². The molecule has 0 radical (unpaired) electrons. The minimum absolute atomic E-state index is 0.0612. The Bertz CT molecular complexity index is 348. The van der Waals surface area contributed by atoms with Gasteiger partial charge in [-0.15, -0.1) is 5.10 Å². The van der Waals surface area contributed by atoms with Gasteiger partial charge in [-0.1, -0.05) is 19.1 Å². The number of ether oxygens (including phenoxy) is 1. The Hall–Kier alpha value is -0.940. The maximum atomic E-state index is 8.91. The van der Waals surface area contributed by atoms with Crippen molar-refractivity contribution in [3.05, 3.63) is 11.9 Å². The third-order valence-corrected chi connectivity index (χ3v) is 2.88. The van der Waals surface area contributed by atoms with Gasteiger partial charge >= 0.3 is 0 Å². The predicted octanol–water partition coefficient (Wildman–Crippen LogP) is 2.00. The summed E-state index contributed by atoms with van der Waals surface area (Å²) in [7, 11) is 0. The highest BCUT2D eigenvalue weighted by Gasteiger charge is 2.18. The first-order valence-corrected chi connectivity index (χ1v) is 6.57. The van der Waals surface area contributed by atoms with Gasteiger partial charge in [0.1, 0.15) is 5.69 Å². The summed E-state index contributed by atoms with van der Waals surface area (Å²) in [4.78, 5) is 0. The van der Waals surface area contributed by atoms with Crippen molar-refractivity contribution in [2.45, 2.75) is 59.3 Å². The van der Waals surface area contributed by atoms with Crippen LogP contribution >= 0.6 is 0 Å². The van der Waals surface area contributed by atoms with Gasteiger partial charge in [0, 0.05) is 13.2 Å². The molecule has 0 saturated carbocycles. The lowest BCUT2D eigenvalue weighted by Gasteiger charge is -2.25. The van der Waals surface area contributed by atoms with Gasteiger partial charge in [-0.05, 0) is 32.6 Å². The fourth-order valence-electron chi connectivity index (χ4n) is 1.55. The first kappa shape index (κ1) is 15.1. The molecule has 0 aromatic carbocycles. The van der Waals surface area contributed by atoms with Crippen LogP contribution in [0.15, 0.2) is 6.20 Å². The van der Waals surface area contributed by atoms with Gasteiger partial charge in [0.2, 0.25) is 0 Å². The Morgan fingerprint density at radius 1 is 1.44 bits per heavy atom. The summed E-state index contributed by atoms with van der Waals surface area (Å²) in [6.07, 6.45) is 3.73.